The molecule has 0 radical (unpaired) electrons. The Balaban J connectivity index is 1.93. The van der Waals surface area contributed by atoms with Crippen LogP contribution in [0.15, 0.2) is 0 Å². The zero-order valence-corrected chi connectivity index (χ0v) is 10.3. The predicted octanol–water partition coefficient (Wildman–Crippen LogP) is 1.76. The summed E-state index contributed by atoms with van der Waals surface area (Å²) < 4.78 is 0. The van der Waals surface area contributed by atoms with E-state index in [-0.39, 0.29) is 0 Å². The lowest BCUT2D eigenvalue weighted by Gasteiger charge is -2.32. The molecule has 2 unspecified atom stereocenters. The number of carbonyl (C=O) groups excluding carboxylic acids is 1. The molecule has 2 N–H and O–H groups in total. The lowest BCUT2D eigenvalue weighted by atomic mass is 10.0. The number of hydrogen-bond donors (Lipinski definition) is 1. The summed E-state index contributed by atoms with van der Waals surface area (Å²) in [5, 5.41) is 0. The highest BCUT2D eigenvalue weighted by molar-refractivity contribution is 5.77. The average Bonchev–Trinajstić information content (AvgIpc) is 2.96. The van der Waals surface area contributed by atoms with Crippen LogP contribution in [0.2, 0.25) is 0 Å². The molecule has 3 heteroatoms. The van der Waals surface area contributed by atoms with Crippen LogP contribution in [0, 0.1) is 11.8 Å². The van der Waals surface area contributed by atoms with Gasteiger partial charge in [0, 0.05) is 19.0 Å². The van der Waals surface area contributed by atoms with Crippen LogP contribution in [0.25, 0.3) is 0 Å². The summed E-state index contributed by atoms with van der Waals surface area (Å²) in [6.45, 7) is 3.68. The predicted molar refractivity (Wildman–Crippen MR) is 64.9 cm³/mol. The minimum absolute atomic E-state index is 0.371. The number of carbonyl (C=O) groups is 1. The third-order valence-corrected chi connectivity index (χ3v) is 4.14. The Hall–Kier alpha value is -0.570. The molecule has 0 heterocycles. The van der Waals surface area contributed by atoms with Crippen LogP contribution in [-0.4, -0.2) is 29.9 Å². The third-order valence-electron chi connectivity index (χ3n) is 4.14. The van der Waals surface area contributed by atoms with Gasteiger partial charge in [0.05, 0.1) is 0 Å². The molecule has 0 aliphatic heterocycles. The molecular weight excluding hydrogens is 200 g/mol. The van der Waals surface area contributed by atoms with Crippen molar-refractivity contribution in [1.82, 2.24) is 4.90 Å². The summed E-state index contributed by atoms with van der Waals surface area (Å²) in [7, 11) is 0. The van der Waals surface area contributed by atoms with Crippen molar-refractivity contribution in [1.29, 1.82) is 0 Å². The average molecular weight is 224 g/mol. The molecule has 2 rings (SSSR count). The summed E-state index contributed by atoms with van der Waals surface area (Å²) in [6, 6.07) is 0.432. The van der Waals surface area contributed by atoms with E-state index in [0.717, 1.165) is 25.9 Å². The third kappa shape index (κ3) is 2.57. The molecule has 0 saturated heterocycles. The molecule has 1 amide bonds. The Morgan fingerprint density at radius 1 is 1.31 bits per heavy atom. The lowest BCUT2D eigenvalue weighted by Crippen LogP contribution is -2.44. The van der Waals surface area contributed by atoms with Crippen LogP contribution in [0.3, 0.4) is 0 Å². The Morgan fingerprint density at radius 2 is 2.06 bits per heavy atom. The van der Waals surface area contributed by atoms with Crippen molar-refractivity contribution in [2.75, 3.05) is 13.1 Å². The van der Waals surface area contributed by atoms with Crippen molar-refractivity contribution < 1.29 is 4.79 Å². The van der Waals surface area contributed by atoms with Crippen molar-refractivity contribution in [3.63, 3.8) is 0 Å². The van der Waals surface area contributed by atoms with Crippen LogP contribution in [0.5, 0.6) is 0 Å². The Kier molecular flexibility index (Phi) is 3.85. The Bertz CT molecular complexity index is 250. The monoisotopic (exact) mass is 224 g/mol. The minimum Gasteiger partial charge on any atom is -0.340 e. The second-order valence-electron chi connectivity index (χ2n) is 5.32. The van der Waals surface area contributed by atoms with Gasteiger partial charge >= 0.3 is 0 Å². The van der Waals surface area contributed by atoms with E-state index in [9.17, 15) is 4.79 Å². The Labute approximate surface area is 98.4 Å². The summed E-state index contributed by atoms with van der Waals surface area (Å²) in [5.74, 6) is 1.61. The normalized spacial score (nSPS) is 29.4. The molecule has 0 spiro atoms. The molecule has 0 aromatic carbocycles. The molecule has 92 valence electrons. The fraction of sp³-hybridized carbons (Fsp3) is 0.923. The standard InChI is InChI=1S/C13H24N2O/c1-2-15(13(16)8-10-6-7-10)12-5-3-4-11(12)9-14/h10-12H,2-9,14H2,1H3. The SMILES string of the molecule is CCN(C(=O)CC1CC1)C1CCCC1CN. The maximum Gasteiger partial charge on any atom is 0.223 e. The molecule has 2 atom stereocenters. The molecule has 3 nitrogen and oxygen atoms in total. The summed E-state index contributed by atoms with van der Waals surface area (Å²) in [4.78, 5) is 14.3. The van der Waals surface area contributed by atoms with Crippen LogP contribution in [0.1, 0.15) is 45.4 Å². The topological polar surface area (TPSA) is 46.3 Å². The van der Waals surface area contributed by atoms with Gasteiger partial charge in [0.1, 0.15) is 0 Å². The number of rotatable bonds is 5. The molecule has 2 aliphatic rings. The summed E-state index contributed by atoms with van der Waals surface area (Å²) >= 11 is 0. The van der Waals surface area contributed by atoms with Crippen LogP contribution < -0.4 is 5.73 Å². The number of nitrogens with two attached hydrogens (primary N) is 1. The first-order valence-electron chi connectivity index (χ1n) is 6.75. The van der Waals surface area contributed by atoms with E-state index >= 15 is 0 Å². The van der Waals surface area contributed by atoms with Gasteiger partial charge in [-0.3, -0.25) is 4.79 Å². The molecule has 0 aromatic heterocycles. The zero-order chi connectivity index (χ0) is 11.5. The van der Waals surface area contributed by atoms with Gasteiger partial charge in [0.25, 0.3) is 0 Å². The first kappa shape index (κ1) is 11.9. The summed E-state index contributed by atoms with van der Waals surface area (Å²) in [6.07, 6.45) is 6.89. The maximum absolute atomic E-state index is 12.2. The first-order chi connectivity index (χ1) is 7.76. The molecule has 2 aliphatic carbocycles. The van der Waals surface area contributed by atoms with E-state index in [1.807, 2.05) is 0 Å². The molecule has 0 bridgehead atoms. The largest absolute Gasteiger partial charge is 0.340 e. The van der Waals surface area contributed by atoms with Gasteiger partial charge in [0.15, 0.2) is 0 Å². The Morgan fingerprint density at radius 3 is 2.62 bits per heavy atom. The van der Waals surface area contributed by atoms with Crippen molar-refractivity contribution in [3.05, 3.63) is 0 Å². The van der Waals surface area contributed by atoms with Crippen molar-refractivity contribution in [2.45, 2.75) is 51.5 Å². The van der Waals surface area contributed by atoms with Gasteiger partial charge < -0.3 is 10.6 Å². The second-order valence-corrected chi connectivity index (χ2v) is 5.32. The van der Waals surface area contributed by atoms with Gasteiger partial charge in [-0.05, 0) is 51.0 Å². The van der Waals surface area contributed by atoms with Crippen molar-refractivity contribution in [2.24, 2.45) is 17.6 Å². The number of hydrogen-bond acceptors (Lipinski definition) is 2. The van der Waals surface area contributed by atoms with E-state index in [4.69, 9.17) is 5.73 Å². The van der Waals surface area contributed by atoms with Gasteiger partial charge in [-0.2, -0.15) is 0 Å². The maximum atomic E-state index is 12.2. The molecule has 0 aromatic rings. The lowest BCUT2D eigenvalue weighted by molar-refractivity contribution is -0.134. The van der Waals surface area contributed by atoms with Gasteiger partial charge in [-0.15, -0.1) is 0 Å². The summed E-state index contributed by atoms with van der Waals surface area (Å²) in [5.41, 5.74) is 5.79. The number of nitrogens with zero attached hydrogens (tertiary/aromatic N) is 1. The van der Waals surface area contributed by atoms with E-state index in [1.54, 1.807) is 0 Å². The van der Waals surface area contributed by atoms with Gasteiger partial charge in [-0.25, -0.2) is 0 Å². The highest BCUT2D eigenvalue weighted by Crippen LogP contribution is 2.35. The van der Waals surface area contributed by atoms with Crippen LogP contribution in [0.4, 0.5) is 0 Å². The van der Waals surface area contributed by atoms with Gasteiger partial charge in [-0.1, -0.05) is 6.42 Å². The van der Waals surface area contributed by atoms with E-state index in [1.165, 1.54) is 25.7 Å². The fourth-order valence-electron chi connectivity index (χ4n) is 2.98. The quantitative estimate of drug-likeness (QED) is 0.773. The fourth-order valence-corrected chi connectivity index (χ4v) is 2.98. The highest BCUT2D eigenvalue weighted by Gasteiger charge is 2.35. The molecular formula is C13H24N2O. The molecule has 16 heavy (non-hydrogen) atoms. The van der Waals surface area contributed by atoms with Crippen molar-refractivity contribution >= 4 is 5.91 Å². The van der Waals surface area contributed by atoms with Crippen LogP contribution in [-0.2, 0) is 4.79 Å². The highest BCUT2D eigenvalue weighted by atomic mass is 16.2. The minimum atomic E-state index is 0.371. The first-order valence-corrected chi connectivity index (χ1v) is 6.75. The molecule has 2 saturated carbocycles. The number of amides is 1. The van der Waals surface area contributed by atoms with Gasteiger partial charge in [0.2, 0.25) is 5.91 Å². The zero-order valence-electron chi connectivity index (χ0n) is 10.3. The van der Waals surface area contributed by atoms with Crippen LogP contribution >= 0.6 is 0 Å². The van der Waals surface area contributed by atoms with E-state index in [0.29, 0.717) is 23.8 Å². The second kappa shape index (κ2) is 5.17. The smallest absolute Gasteiger partial charge is 0.223 e. The van der Waals surface area contributed by atoms with E-state index in [2.05, 4.69) is 11.8 Å². The van der Waals surface area contributed by atoms with Crippen molar-refractivity contribution in [3.8, 4) is 0 Å². The van der Waals surface area contributed by atoms with E-state index < -0.39 is 0 Å². The molecule has 2 fully saturated rings.